The van der Waals surface area contributed by atoms with E-state index in [1.165, 1.54) is 5.56 Å². The maximum absolute atomic E-state index is 12.8. The summed E-state index contributed by atoms with van der Waals surface area (Å²) in [5.74, 6) is 0.0308. The average Bonchev–Trinajstić information content (AvgIpc) is 2.96. The van der Waals surface area contributed by atoms with Crippen LogP contribution in [0.4, 0.5) is 0 Å². The van der Waals surface area contributed by atoms with Gasteiger partial charge in [-0.05, 0) is 42.4 Å². The number of rotatable bonds is 2. The molecule has 0 atom stereocenters. The highest BCUT2D eigenvalue weighted by Crippen LogP contribution is 2.27. The van der Waals surface area contributed by atoms with Crippen molar-refractivity contribution in [2.45, 2.75) is 52.5 Å². The van der Waals surface area contributed by atoms with E-state index in [4.69, 9.17) is 0 Å². The molecule has 0 saturated heterocycles. The van der Waals surface area contributed by atoms with Gasteiger partial charge in [-0.25, -0.2) is 0 Å². The average molecular weight is 309 g/mol. The minimum absolute atomic E-state index is 0.0195. The molecule has 0 bridgehead atoms. The van der Waals surface area contributed by atoms with Gasteiger partial charge in [-0.3, -0.25) is 9.59 Å². The van der Waals surface area contributed by atoms with Crippen LogP contribution >= 0.6 is 0 Å². The Morgan fingerprint density at radius 2 is 1.78 bits per heavy atom. The van der Waals surface area contributed by atoms with E-state index in [-0.39, 0.29) is 16.8 Å². The van der Waals surface area contributed by atoms with E-state index < -0.39 is 0 Å². The lowest BCUT2D eigenvalue weighted by Crippen LogP contribution is -2.23. The highest BCUT2D eigenvalue weighted by molar-refractivity contribution is 5.96. The van der Waals surface area contributed by atoms with E-state index in [9.17, 15) is 9.59 Å². The Hall–Kier alpha value is -2.16. The zero-order valence-corrected chi connectivity index (χ0v) is 14.3. The van der Waals surface area contributed by atoms with Crippen molar-refractivity contribution in [2.75, 3.05) is 0 Å². The van der Waals surface area contributed by atoms with E-state index in [2.05, 4.69) is 32.9 Å². The van der Waals surface area contributed by atoms with Crippen LogP contribution in [-0.2, 0) is 18.4 Å². The van der Waals surface area contributed by atoms with Crippen molar-refractivity contribution in [1.82, 2.24) is 4.57 Å². The van der Waals surface area contributed by atoms with E-state index in [0.29, 0.717) is 17.7 Å². The lowest BCUT2D eigenvalue weighted by Gasteiger charge is -2.19. The molecule has 3 nitrogen and oxygen atoms in total. The summed E-state index contributed by atoms with van der Waals surface area (Å²) in [6.45, 7) is 8.79. The Morgan fingerprint density at radius 1 is 1.13 bits per heavy atom. The van der Waals surface area contributed by atoms with Crippen LogP contribution in [0.1, 0.15) is 55.7 Å². The van der Waals surface area contributed by atoms with Crippen molar-refractivity contribution in [2.24, 2.45) is 0 Å². The lowest BCUT2D eigenvalue weighted by molar-refractivity contribution is 0.101. The standard InChI is InChI=1S/C20H23NO2/c1-13(22)16-12-17(19(23)21-11-5-6-18(16)21)14-7-9-15(10-8-14)20(2,3)4/h7-10,12H,5-6,11H2,1-4H3. The van der Waals surface area contributed by atoms with Gasteiger partial charge in [0.25, 0.3) is 5.56 Å². The molecule has 1 aromatic heterocycles. The second-order valence-electron chi connectivity index (χ2n) is 7.36. The van der Waals surface area contributed by atoms with Crippen LogP contribution in [0.25, 0.3) is 11.1 Å². The molecule has 0 aliphatic carbocycles. The molecule has 1 aromatic carbocycles. The first-order valence-corrected chi connectivity index (χ1v) is 8.17. The molecule has 3 heteroatoms. The zero-order chi connectivity index (χ0) is 16.8. The van der Waals surface area contributed by atoms with Crippen LogP contribution in [-0.4, -0.2) is 10.4 Å². The summed E-state index contributed by atoms with van der Waals surface area (Å²) in [6.07, 6.45) is 1.75. The normalized spacial score (nSPS) is 13.9. The first-order chi connectivity index (χ1) is 10.8. The molecule has 0 unspecified atom stereocenters. The molecule has 0 fully saturated rings. The van der Waals surface area contributed by atoms with Crippen molar-refractivity contribution in [3.63, 3.8) is 0 Å². The van der Waals surface area contributed by atoms with Gasteiger partial charge in [0.1, 0.15) is 0 Å². The third-order valence-electron chi connectivity index (χ3n) is 4.64. The van der Waals surface area contributed by atoms with Crippen LogP contribution in [0, 0.1) is 0 Å². The molecular formula is C20H23NO2. The number of fused-ring (bicyclic) bond motifs is 1. The second kappa shape index (κ2) is 5.48. The van der Waals surface area contributed by atoms with Gasteiger partial charge in [0.2, 0.25) is 0 Å². The third-order valence-corrected chi connectivity index (χ3v) is 4.64. The van der Waals surface area contributed by atoms with Gasteiger partial charge in [-0.15, -0.1) is 0 Å². The number of carbonyl (C=O) groups excluding carboxylic acids is 1. The second-order valence-corrected chi connectivity index (χ2v) is 7.36. The molecule has 23 heavy (non-hydrogen) atoms. The molecule has 0 spiro atoms. The fourth-order valence-corrected chi connectivity index (χ4v) is 3.27. The van der Waals surface area contributed by atoms with Crippen LogP contribution < -0.4 is 5.56 Å². The molecule has 2 heterocycles. The molecule has 1 aliphatic heterocycles. The van der Waals surface area contributed by atoms with Crippen molar-refractivity contribution < 1.29 is 4.79 Å². The summed E-state index contributed by atoms with van der Waals surface area (Å²) in [5.41, 5.74) is 4.43. The number of benzene rings is 1. The van der Waals surface area contributed by atoms with Gasteiger partial charge in [0.15, 0.2) is 5.78 Å². The Balaban J connectivity index is 2.16. The van der Waals surface area contributed by atoms with E-state index >= 15 is 0 Å². The number of nitrogens with zero attached hydrogens (tertiary/aromatic N) is 1. The maximum Gasteiger partial charge on any atom is 0.258 e. The molecule has 0 amide bonds. The van der Waals surface area contributed by atoms with Crippen LogP contribution in [0.5, 0.6) is 0 Å². The Bertz CT molecular complexity index is 820. The summed E-state index contributed by atoms with van der Waals surface area (Å²) >= 11 is 0. The largest absolute Gasteiger partial charge is 0.311 e. The first-order valence-electron chi connectivity index (χ1n) is 8.17. The van der Waals surface area contributed by atoms with Gasteiger partial charge >= 0.3 is 0 Å². The molecule has 0 N–H and O–H groups in total. The summed E-state index contributed by atoms with van der Waals surface area (Å²) in [4.78, 5) is 24.7. The highest BCUT2D eigenvalue weighted by atomic mass is 16.1. The van der Waals surface area contributed by atoms with Crippen molar-refractivity contribution in [3.05, 3.63) is 57.5 Å². The number of hydrogen-bond donors (Lipinski definition) is 0. The van der Waals surface area contributed by atoms with Crippen molar-refractivity contribution in [3.8, 4) is 11.1 Å². The smallest absolute Gasteiger partial charge is 0.258 e. The Morgan fingerprint density at radius 3 is 2.35 bits per heavy atom. The predicted molar refractivity (Wildman–Crippen MR) is 93.2 cm³/mol. The van der Waals surface area contributed by atoms with Crippen LogP contribution in [0.3, 0.4) is 0 Å². The monoisotopic (exact) mass is 309 g/mol. The fraction of sp³-hybridized carbons (Fsp3) is 0.400. The van der Waals surface area contributed by atoms with Gasteiger partial charge < -0.3 is 4.57 Å². The number of ketones is 1. The number of Topliss-reactive ketones (excluding diaryl/α,β-unsaturated/α-hetero) is 1. The molecule has 0 radical (unpaired) electrons. The lowest BCUT2D eigenvalue weighted by atomic mass is 9.86. The fourth-order valence-electron chi connectivity index (χ4n) is 3.27. The van der Waals surface area contributed by atoms with Crippen LogP contribution in [0.2, 0.25) is 0 Å². The highest BCUT2D eigenvalue weighted by Gasteiger charge is 2.22. The zero-order valence-electron chi connectivity index (χ0n) is 14.3. The first kappa shape index (κ1) is 15.7. The quantitative estimate of drug-likeness (QED) is 0.788. The summed E-state index contributed by atoms with van der Waals surface area (Å²) in [7, 11) is 0. The maximum atomic E-state index is 12.8. The SMILES string of the molecule is CC(=O)c1cc(-c2ccc(C(C)(C)C)cc2)c(=O)n2c1CCC2. The van der Waals surface area contributed by atoms with Crippen molar-refractivity contribution in [1.29, 1.82) is 0 Å². The number of pyridine rings is 1. The summed E-state index contributed by atoms with van der Waals surface area (Å²) < 4.78 is 1.78. The molecule has 2 aromatic rings. The van der Waals surface area contributed by atoms with Gasteiger partial charge in [0.05, 0.1) is 0 Å². The van der Waals surface area contributed by atoms with Gasteiger partial charge in [-0.1, -0.05) is 45.0 Å². The molecule has 1 aliphatic rings. The molecule has 0 saturated carbocycles. The molecule has 3 rings (SSSR count). The summed E-state index contributed by atoms with van der Waals surface area (Å²) in [5, 5.41) is 0. The van der Waals surface area contributed by atoms with E-state index in [1.807, 2.05) is 12.1 Å². The van der Waals surface area contributed by atoms with Crippen LogP contribution in [0.15, 0.2) is 35.1 Å². The summed E-state index contributed by atoms with van der Waals surface area (Å²) in [6, 6.07) is 9.90. The number of aromatic nitrogens is 1. The van der Waals surface area contributed by atoms with Gasteiger partial charge in [0, 0.05) is 23.4 Å². The topological polar surface area (TPSA) is 39.1 Å². The third kappa shape index (κ3) is 2.76. The number of hydrogen-bond acceptors (Lipinski definition) is 2. The minimum Gasteiger partial charge on any atom is -0.311 e. The minimum atomic E-state index is 0.0195. The Kier molecular flexibility index (Phi) is 3.75. The number of carbonyl (C=O) groups is 1. The predicted octanol–water partition coefficient (Wildman–Crippen LogP) is 3.96. The van der Waals surface area contributed by atoms with E-state index in [1.54, 1.807) is 17.6 Å². The Labute approximate surface area is 137 Å². The molecular weight excluding hydrogens is 286 g/mol. The van der Waals surface area contributed by atoms with Crippen molar-refractivity contribution >= 4 is 5.78 Å². The van der Waals surface area contributed by atoms with Gasteiger partial charge in [-0.2, -0.15) is 0 Å². The molecule has 120 valence electrons. The van der Waals surface area contributed by atoms with E-state index in [0.717, 1.165) is 24.1 Å².